The minimum absolute atomic E-state index is 0.130. The van der Waals surface area contributed by atoms with Gasteiger partial charge in [0, 0.05) is 55.7 Å². The van der Waals surface area contributed by atoms with E-state index in [1.807, 2.05) is 47.0 Å². The fraction of sp³-hybridized carbons (Fsp3) is 0.125. The number of nitrogens with zero attached hydrogens (tertiary/aromatic N) is 1. The Morgan fingerprint density at radius 2 is 0.792 bits per heavy atom. The van der Waals surface area contributed by atoms with E-state index >= 15 is 0 Å². The molecule has 7 aromatic rings. The molecule has 0 saturated carbocycles. The molecule has 7 aromatic carbocycles. The van der Waals surface area contributed by atoms with E-state index in [1.165, 1.54) is 83.9 Å². The highest BCUT2D eigenvalue weighted by atomic mass is 32.2. The molecule has 3 aliphatic rings. The normalized spacial score (nSPS) is 15.5. The molecule has 0 unspecified atom stereocenters. The zero-order valence-corrected chi connectivity index (χ0v) is 33.3. The quantitative estimate of drug-likeness (QED) is 0.175. The first-order valence-electron chi connectivity index (χ1n) is 18.1. The van der Waals surface area contributed by atoms with Crippen molar-refractivity contribution >= 4 is 64.1 Å². The van der Waals surface area contributed by atoms with E-state index in [0.717, 1.165) is 5.69 Å². The van der Waals surface area contributed by atoms with E-state index < -0.39 is 0 Å². The molecule has 258 valence electrons. The lowest BCUT2D eigenvalue weighted by atomic mass is 9.77. The third-order valence-electron chi connectivity index (χ3n) is 11.1. The summed E-state index contributed by atoms with van der Waals surface area (Å²) in [5, 5.41) is 0. The van der Waals surface area contributed by atoms with Crippen LogP contribution in [0.4, 0.5) is 17.1 Å². The summed E-state index contributed by atoms with van der Waals surface area (Å²) in [6, 6.07) is 56.5. The molecule has 0 amide bonds. The van der Waals surface area contributed by atoms with Crippen molar-refractivity contribution in [3.63, 3.8) is 0 Å². The van der Waals surface area contributed by atoms with Crippen LogP contribution < -0.4 is 4.90 Å². The number of hydrogen-bond acceptors (Lipinski definition) is 5. The molecule has 0 bridgehead atoms. The zero-order valence-electron chi connectivity index (χ0n) is 30.0. The van der Waals surface area contributed by atoms with Crippen LogP contribution in [0.3, 0.4) is 0 Å². The number of benzene rings is 7. The van der Waals surface area contributed by atoms with Crippen LogP contribution in [-0.2, 0) is 10.8 Å². The molecule has 0 aliphatic carbocycles. The topological polar surface area (TPSA) is 3.24 Å². The predicted octanol–water partition coefficient (Wildman–Crippen LogP) is 15.0. The van der Waals surface area contributed by atoms with Gasteiger partial charge in [0.15, 0.2) is 0 Å². The van der Waals surface area contributed by atoms with E-state index in [0.29, 0.717) is 0 Å². The van der Waals surface area contributed by atoms with Gasteiger partial charge in [-0.25, -0.2) is 0 Å². The van der Waals surface area contributed by atoms with Gasteiger partial charge in [-0.3, -0.25) is 0 Å². The summed E-state index contributed by atoms with van der Waals surface area (Å²) in [4.78, 5) is 13.2. The van der Waals surface area contributed by atoms with E-state index in [-0.39, 0.29) is 10.8 Å². The van der Waals surface area contributed by atoms with Crippen LogP contribution in [0, 0.1) is 0 Å². The lowest BCUT2D eigenvalue weighted by molar-refractivity contribution is 0.606. The Labute approximate surface area is 329 Å². The lowest BCUT2D eigenvalue weighted by Gasteiger charge is -2.40. The Hall–Kier alpha value is -4.26. The molecular weight excluding hydrogens is 719 g/mol. The molecule has 5 heteroatoms. The standard InChI is InChI=1S/C48H37NS4/c1-47(2)33-15-5-7-21-39(33)51-45-35(47)17-12-19-37(45)49(38-20-13-18-36-46(38)52-40-22-8-6-16-34(40)48(36,3)4)31-28-26-30(27-29-31)32-14-11-25-43-44(32)53-42-24-10-9-23-41(42)50-43/h5-29H,1-4H3. The largest absolute Gasteiger partial charge is 0.308 e. The number of anilines is 3. The van der Waals surface area contributed by atoms with Crippen molar-refractivity contribution in [1.82, 2.24) is 0 Å². The fourth-order valence-corrected chi connectivity index (χ4v) is 13.6. The van der Waals surface area contributed by atoms with E-state index in [1.54, 1.807) is 0 Å². The second-order valence-electron chi connectivity index (χ2n) is 14.9. The highest BCUT2D eigenvalue weighted by Crippen LogP contribution is 2.58. The Kier molecular flexibility index (Phi) is 7.96. The second-order valence-corrected chi connectivity index (χ2v) is 19.2. The van der Waals surface area contributed by atoms with E-state index in [4.69, 9.17) is 0 Å². The highest BCUT2D eigenvalue weighted by Gasteiger charge is 2.38. The summed E-state index contributed by atoms with van der Waals surface area (Å²) >= 11 is 7.59. The molecule has 0 fully saturated rings. The maximum absolute atomic E-state index is 2.54. The minimum Gasteiger partial charge on any atom is -0.308 e. The van der Waals surface area contributed by atoms with Gasteiger partial charge in [-0.1, -0.05) is 172 Å². The maximum Gasteiger partial charge on any atom is 0.0604 e. The zero-order chi connectivity index (χ0) is 35.9. The third kappa shape index (κ3) is 5.34. The number of rotatable bonds is 4. The van der Waals surface area contributed by atoms with Crippen LogP contribution in [0.25, 0.3) is 11.1 Å². The first-order valence-corrected chi connectivity index (χ1v) is 21.4. The average Bonchev–Trinajstić information content (AvgIpc) is 3.18. The summed E-state index contributed by atoms with van der Waals surface area (Å²) in [5.41, 5.74) is 11.4. The van der Waals surface area contributed by atoms with Crippen molar-refractivity contribution in [3.8, 4) is 11.1 Å². The van der Waals surface area contributed by atoms with Crippen LogP contribution in [0.1, 0.15) is 49.9 Å². The van der Waals surface area contributed by atoms with Crippen LogP contribution >= 0.6 is 47.0 Å². The SMILES string of the molecule is CC1(C)c2ccccc2Sc2c(N(c3ccc(-c4cccc5c4Sc4ccccc4S5)cc3)c3cccc4c3Sc3ccccc3C4(C)C)cccc21. The molecule has 0 saturated heterocycles. The molecule has 3 aliphatic heterocycles. The van der Waals surface area contributed by atoms with Gasteiger partial charge in [-0.15, -0.1) is 0 Å². The van der Waals surface area contributed by atoms with Crippen LogP contribution in [0.2, 0.25) is 0 Å². The third-order valence-corrected chi connectivity index (χ3v) is 16.1. The van der Waals surface area contributed by atoms with E-state index in [2.05, 4.69) is 184 Å². The smallest absolute Gasteiger partial charge is 0.0604 e. The molecule has 53 heavy (non-hydrogen) atoms. The summed E-state index contributed by atoms with van der Waals surface area (Å²) in [6.45, 7) is 9.51. The minimum atomic E-state index is -0.130. The van der Waals surface area contributed by atoms with Gasteiger partial charge in [0.05, 0.1) is 11.4 Å². The summed E-state index contributed by atoms with van der Waals surface area (Å²) in [7, 11) is 0. The van der Waals surface area contributed by atoms with Crippen molar-refractivity contribution in [2.75, 3.05) is 4.90 Å². The summed E-state index contributed by atoms with van der Waals surface area (Å²) < 4.78 is 0. The summed E-state index contributed by atoms with van der Waals surface area (Å²) in [6.07, 6.45) is 0. The van der Waals surface area contributed by atoms with Gasteiger partial charge in [0.1, 0.15) is 0 Å². The first kappa shape index (κ1) is 33.3. The molecule has 0 N–H and O–H groups in total. The molecule has 0 radical (unpaired) electrons. The van der Waals surface area contributed by atoms with Gasteiger partial charge in [0.2, 0.25) is 0 Å². The first-order chi connectivity index (χ1) is 25.8. The predicted molar refractivity (Wildman–Crippen MR) is 227 cm³/mol. The lowest BCUT2D eigenvalue weighted by Crippen LogP contribution is -2.26. The van der Waals surface area contributed by atoms with Crippen molar-refractivity contribution < 1.29 is 0 Å². The van der Waals surface area contributed by atoms with E-state index in [9.17, 15) is 0 Å². The summed E-state index contributed by atoms with van der Waals surface area (Å²) in [5.74, 6) is 0. The van der Waals surface area contributed by atoms with Crippen molar-refractivity contribution in [1.29, 1.82) is 0 Å². The monoisotopic (exact) mass is 755 g/mol. The van der Waals surface area contributed by atoms with Crippen molar-refractivity contribution in [2.24, 2.45) is 0 Å². The van der Waals surface area contributed by atoms with Crippen molar-refractivity contribution in [3.05, 3.63) is 174 Å². The molecular formula is C48H37NS4. The molecule has 10 rings (SSSR count). The van der Waals surface area contributed by atoms with Gasteiger partial charge in [-0.05, 0) is 88.0 Å². The van der Waals surface area contributed by atoms with Crippen LogP contribution in [0.5, 0.6) is 0 Å². The van der Waals surface area contributed by atoms with Crippen LogP contribution in [-0.4, -0.2) is 0 Å². The molecule has 0 spiro atoms. The Morgan fingerprint density at radius 3 is 1.36 bits per heavy atom. The van der Waals surface area contributed by atoms with Gasteiger partial charge < -0.3 is 4.90 Å². The second kappa shape index (κ2) is 12.7. The Bertz CT molecular complexity index is 2480. The fourth-order valence-electron chi connectivity index (χ4n) is 8.23. The highest BCUT2D eigenvalue weighted by molar-refractivity contribution is 8.05. The Morgan fingerprint density at radius 1 is 0.358 bits per heavy atom. The van der Waals surface area contributed by atoms with Crippen LogP contribution in [0.15, 0.2) is 191 Å². The number of fused-ring (bicyclic) bond motifs is 6. The molecule has 0 aromatic heterocycles. The van der Waals surface area contributed by atoms with Gasteiger partial charge in [0.25, 0.3) is 0 Å². The number of hydrogen-bond donors (Lipinski definition) is 0. The Balaban J connectivity index is 1.15. The van der Waals surface area contributed by atoms with Gasteiger partial charge in [-0.2, -0.15) is 0 Å². The maximum atomic E-state index is 2.54. The van der Waals surface area contributed by atoms with Gasteiger partial charge >= 0.3 is 0 Å². The molecule has 1 nitrogen and oxygen atoms in total. The molecule has 0 atom stereocenters. The average molecular weight is 756 g/mol. The van der Waals surface area contributed by atoms with Crippen molar-refractivity contribution in [2.45, 2.75) is 77.7 Å². The molecule has 3 heterocycles.